The van der Waals surface area contributed by atoms with E-state index in [2.05, 4.69) is 41.1 Å². The molecule has 1 atom stereocenters. The molecule has 21 heavy (non-hydrogen) atoms. The Morgan fingerprint density at radius 2 is 2.14 bits per heavy atom. The summed E-state index contributed by atoms with van der Waals surface area (Å²) in [6, 6.07) is 4.12. The van der Waals surface area contributed by atoms with Crippen molar-refractivity contribution in [2.75, 3.05) is 19.7 Å². The van der Waals surface area contributed by atoms with Crippen LogP contribution in [-0.2, 0) is 24.2 Å². The molecule has 0 aliphatic carbocycles. The summed E-state index contributed by atoms with van der Waals surface area (Å²) >= 11 is 0. The first kappa shape index (κ1) is 14.3. The lowest BCUT2D eigenvalue weighted by molar-refractivity contribution is -0.0406. The van der Waals surface area contributed by atoms with Gasteiger partial charge in [-0.1, -0.05) is 6.92 Å². The van der Waals surface area contributed by atoms with Crippen molar-refractivity contribution in [3.05, 3.63) is 35.8 Å². The van der Waals surface area contributed by atoms with Gasteiger partial charge < -0.3 is 13.7 Å². The lowest BCUT2D eigenvalue weighted by atomic mass is 10.2. The summed E-state index contributed by atoms with van der Waals surface area (Å²) in [4.78, 5) is 2.35. The second-order valence-electron chi connectivity index (χ2n) is 5.29. The minimum atomic E-state index is -0.0122. The molecule has 1 saturated heterocycles. The van der Waals surface area contributed by atoms with Gasteiger partial charge in [0.15, 0.2) is 5.82 Å². The number of hydrogen-bond donors (Lipinski definition) is 0. The zero-order valence-electron chi connectivity index (χ0n) is 12.7. The highest BCUT2D eigenvalue weighted by atomic mass is 16.5. The zero-order valence-corrected chi connectivity index (χ0v) is 12.7. The molecule has 6 heteroatoms. The van der Waals surface area contributed by atoms with E-state index >= 15 is 0 Å². The summed E-state index contributed by atoms with van der Waals surface area (Å²) in [5.74, 6) is 2.97. The second kappa shape index (κ2) is 6.41. The summed E-state index contributed by atoms with van der Waals surface area (Å²) in [6.45, 7) is 8.32. The Kier molecular flexibility index (Phi) is 4.36. The van der Waals surface area contributed by atoms with Crippen molar-refractivity contribution >= 4 is 0 Å². The zero-order chi connectivity index (χ0) is 14.7. The molecule has 1 aliphatic rings. The fraction of sp³-hybridized carbons (Fsp3) is 0.600. The first-order chi connectivity index (χ1) is 10.3. The summed E-state index contributed by atoms with van der Waals surface area (Å²) in [5.41, 5.74) is 0. The number of hydrogen-bond acceptors (Lipinski definition) is 5. The van der Waals surface area contributed by atoms with Gasteiger partial charge in [-0.3, -0.25) is 4.90 Å². The van der Waals surface area contributed by atoms with Crippen LogP contribution in [0.3, 0.4) is 0 Å². The molecular formula is C15H22N4O2. The van der Waals surface area contributed by atoms with E-state index in [9.17, 15) is 0 Å². The molecule has 2 aromatic rings. The molecule has 3 heterocycles. The summed E-state index contributed by atoms with van der Waals surface area (Å²) < 4.78 is 13.7. The quantitative estimate of drug-likeness (QED) is 0.843. The fourth-order valence-corrected chi connectivity index (χ4v) is 2.68. The highest BCUT2D eigenvalue weighted by molar-refractivity contribution is 5.07. The van der Waals surface area contributed by atoms with Gasteiger partial charge >= 0.3 is 0 Å². The van der Waals surface area contributed by atoms with Gasteiger partial charge in [0, 0.05) is 26.1 Å². The maximum atomic E-state index is 5.86. The van der Waals surface area contributed by atoms with Gasteiger partial charge in [-0.2, -0.15) is 0 Å². The van der Waals surface area contributed by atoms with Crippen molar-refractivity contribution in [1.29, 1.82) is 0 Å². The van der Waals surface area contributed by atoms with Crippen LogP contribution in [0.25, 0.3) is 0 Å². The molecule has 2 aromatic heterocycles. The van der Waals surface area contributed by atoms with Crippen LogP contribution in [0.15, 0.2) is 22.9 Å². The first-order valence-corrected chi connectivity index (χ1v) is 7.59. The van der Waals surface area contributed by atoms with E-state index in [1.165, 1.54) is 0 Å². The van der Waals surface area contributed by atoms with E-state index in [4.69, 9.17) is 9.15 Å². The highest BCUT2D eigenvalue weighted by Gasteiger charge is 2.26. The molecule has 0 spiro atoms. The van der Waals surface area contributed by atoms with Gasteiger partial charge in [0.2, 0.25) is 0 Å². The normalized spacial score (nSPS) is 20.0. The van der Waals surface area contributed by atoms with Crippen LogP contribution in [0.2, 0.25) is 0 Å². The van der Waals surface area contributed by atoms with Crippen molar-refractivity contribution < 1.29 is 9.15 Å². The van der Waals surface area contributed by atoms with Crippen LogP contribution in [0, 0.1) is 0 Å². The number of furan rings is 1. The molecule has 3 rings (SSSR count). The number of aryl methyl sites for hydroxylation is 2. The van der Waals surface area contributed by atoms with Crippen LogP contribution in [0.1, 0.15) is 37.3 Å². The maximum Gasteiger partial charge on any atom is 0.163 e. The van der Waals surface area contributed by atoms with E-state index in [0.29, 0.717) is 6.61 Å². The molecule has 1 unspecified atom stereocenters. The Morgan fingerprint density at radius 1 is 1.29 bits per heavy atom. The average Bonchev–Trinajstić information content (AvgIpc) is 3.15. The van der Waals surface area contributed by atoms with E-state index in [1.54, 1.807) is 6.33 Å². The third kappa shape index (κ3) is 3.16. The molecule has 0 amide bonds. The predicted octanol–water partition coefficient (Wildman–Crippen LogP) is 2.03. The van der Waals surface area contributed by atoms with Crippen LogP contribution in [0.4, 0.5) is 0 Å². The molecule has 1 aliphatic heterocycles. The molecule has 6 nitrogen and oxygen atoms in total. The number of nitrogens with zero attached hydrogens (tertiary/aromatic N) is 4. The Morgan fingerprint density at radius 3 is 2.90 bits per heavy atom. The largest absolute Gasteiger partial charge is 0.465 e. The van der Waals surface area contributed by atoms with E-state index in [1.807, 2.05) is 4.57 Å². The number of ether oxygens (including phenoxy) is 1. The van der Waals surface area contributed by atoms with Gasteiger partial charge in [0.05, 0.1) is 13.2 Å². The lowest BCUT2D eigenvalue weighted by Crippen LogP contribution is -2.38. The summed E-state index contributed by atoms with van der Waals surface area (Å²) in [7, 11) is 0. The van der Waals surface area contributed by atoms with Gasteiger partial charge in [0.25, 0.3) is 0 Å². The minimum Gasteiger partial charge on any atom is -0.465 e. The van der Waals surface area contributed by atoms with Crippen molar-refractivity contribution in [3.8, 4) is 0 Å². The van der Waals surface area contributed by atoms with Crippen LogP contribution >= 0.6 is 0 Å². The molecule has 0 radical (unpaired) electrons. The Balaban J connectivity index is 1.65. The SMILES string of the molecule is CCc1ccc(CN2CCOC(c3nncn3CC)C2)o1. The molecular weight excluding hydrogens is 268 g/mol. The third-order valence-corrected chi connectivity index (χ3v) is 3.87. The van der Waals surface area contributed by atoms with Crippen LogP contribution < -0.4 is 0 Å². The molecule has 0 aromatic carbocycles. The number of aromatic nitrogens is 3. The standard InChI is InChI=1S/C15H22N4O2/c1-3-12-5-6-13(21-12)9-18-7-8-20-14(10-18)15-17-16-11-19(15)4-2/h5-6,11,14H,3-4,7-10H2,1-2H3. The summed E-state index contributed by atoms with van der Waals surface area (Å²) in [5, 5.41) is 8.19. The Hall–Kier alpha value is -1.66. The number of rotatable bonds is 5. The first-order valence-electron chi connectivity index (χ1n) is 7.59. The lowest BCUT2D eigenvalue weighted by Gasteiger charge is -2.31. The molecule has 0 saturated carbocycles. The van der Waals surface area contributed by atoms with Gasteiger partial charge in [-0.15, -0.1) is 10.2 Å². The molecule has 114 valence electrons. The Labute approximate surface area is 124 Å². The van der Waals surface area contributed by atoms with E-state index in [-0.39, 0.29) is 6.10 Å². The topological polar surface area (TPSA) is 56.3 Å². The van der Waals surface area contributed by atoms with Crippen molar-refractivity contribution in [2.24, 2.45) is 0 Å². The maximum absolute atomic E-state index is 5.86. The third-order valence-electron chi connectivity index (χ3n) is 3.87. The van der Waals surface area contributed by atoms with Crippen molar-refractivity contribution in [1.82, 2.24) is 19.7 Å². The average molecular weight is 290 g/mol. The molecule has 0 bridgehead atoms. The smallest absolute Gasteiger partial charge is 0.163 e. The van der Waals surface area contributed by atoms with Crippen molar-refractivity contribution in [3.63, 3.8) is 0 Å². The Bertz CT molecular complexity index is 578. The van der Waals surface area contributed by atoms with E-state index < -0.39 is 0 Å². The van der Waals surface area contributed by atoms with Gasteiger partial charge in [-0.25, -0.2) is 0 Å². The van der Waals surface area contributed by atoms with Crippen LogP contribution in [0.5, 0.6) is 0 Å². The van der Waals surface area contributed by atoms with Gasteiger partial charge in [0.1, 0.15) is 24.0 Å². The highest BCUT2D eigenvalue weighted by Crippen LogP contribution is 2.22. The van der Waals surface area contributed by atoms with E-state index in [0.717, 1.165) is 49.9 Å². The summed E-state index contributed by atoms with van der Waals surface area (Å²) in [6.07, 6.45) is 2.69. The monoisotopic (exact) mass is 290 g/mol. The number of morpholine rings is 1. The van der Waals surface area contributed by atoms with Crippen molar-refractivity contribution in [2.45, 2.75) is 39.5 Å². The van der Waals surface area contributed by atoms with Gasteiger partial charge in [-0.05, 0) is 19.1 Å². The predicted molar refractivity (Wildman–Crippen MR) is 77.8 cm³/mol. The molecule has 0 N–H and O–H groups in total. The minimum absolute atomic E-state index is 0.0122. The van der Waals surface area contributed by atoms with Crippen LogP contribution in [-0.4, -0.2) is 39.4 Å². The fourth-order valence-electron chi connectivity index (χ4n) is 2.68. The second-order valence-corrected chi connectivity index (χ2v) is 5.29. The molecule has 1 fully saturated rings.